The number of ether oxygens (including phenoxy) is 2. The zero-order chi connectivity index (χ0) is 22.2. The molecule has 2 aromatic heterocycles. The van der Waals surface area contributed by atoms with Crippen LogP contribution in [0.4, 0.5) is 5.82 Å². The summed E-state index contributed by atoms with van der Waals surface area (Å²) in [5.41, 5.74) is 7.40. The van der Waals surface area contributed by atoms with Crippen LogP contribution in [0.2, 0.25) is 0 Å². The van der Waals surface area contributed by atoms with Crippen molar-refractivity contribution < 1.29 is 9.47 Å². The number of anilines is 1. The van der Waals surface area contributed by atoms with Gasteiger partial charge in [0, 0.05) is 32.7 Å². The van der Waals surface area contributed by atoms with Crippen LogP contribution in [0.1, 0.15) is 52.9 Å². The van der Waals surface area contributed by atoms with Gasteiger partial charge in [0.2, 0.25) is 0 Å². The first kappa shape index (κ1) is 23.5. The molecule has 3 heterocycles. The number of methoxy groups -OCH3 is 1. The van der Waals surface area contributed by atoms with Gasteiger partial charge in [0.25, 0.3) is 6.01 Å². The number of likely N-dealkylation sites (N-methyl/N-ethyl adjacent to an activating group) is 1. The Morgan fingerprint density at radius 1 is 0.968 bits per heavy atom. The smallest absolute Gasteiger partial charge is 0.320 e. The Bertz CT molecular complexity index is 818. The third-order valence-corrected chi connectivity index (χ3v) is 6.02. The van der Waals surface area contributed by atoms with Crippen LogP contribution in [0, 0.1) is 0 Å². The molecule has 2 N–H and O–H groups in total. The fourth-order valence-electron chi connectivity index (χ4n) is 4.15. The molecule has 3 rings (SSSR count). The maximum atomic E-state index is 6.15. The summed E-state index contributed by atoms with van der Waals surface area (Å²) in [6.45, 7) is 14.2. The summed E-state index contributed by atoms with van der Waals surface area (Å²) < 4.78 is 13.4. The highest BCUT2D eigenvalue weighted by Gasteiger charge is 2.19. The molecule has 1 aliphatic heterocycles. The van der Waals surface area contributed by atoms with Gasteiger partial charge in [0.15, 0.2) is 17.0 Å². The van der Waals surface area contributed by atoms with Gasteiger partial charge in [0.1, 0.15) is 0 Å². The number of fused-ring (bicyclic) bond motifs is 1. The number of rotatable bonds is 12. The molecule has 2 aromatic rings. The van der Waals surface area contributed by atoms with Crippen LogP contribution < -0.4 is 15.2 Å². The summed E-state index contributed by atoms with van der Waals surface area (Å²) in [6, 6.07) is 0.825. The van der Waals surface area contributed by atoms with Crippen LogP contribution in [0.15, 0.2) is 0 Å². The standard InChI is InChI=1S/C22H39N7O2/c1-5-10-17(3)31-21-25-19(23)18-20(26-21)29(22(24-18)30-4)12-9-7-8-11-28-15-13-27(6-2)14-16-28/h17H,5-16H2,1-4H3,(H2,23,25,26). The maximum absolute atomic E-state index is 6.15. The second kappa shape index (κ2) is 11.5. The molecule has 9 nitrogen and oxygen atoms in total. The monoisotopic (exact) mass is 433 g/mol. The van der Waals surface area contributed by atoms with Crippen molar-refractivity contribution in [3.63, 3.8) is 0 Å². The molecule has 9 heteroatoms. The van der Waals surface area contributed by atoms with Crippen LogP contribution >= 0.6 is 0 Å². The van der Waals surface area contributed by atoms with Crippen molar-refractivity contribution in [2.45, 2.75) is 65.5 Å². The van der Waals surface area contributed by atoms with E-state index in [1.807, 2.05) is 11.5 Å². The maximum Gasteiger partial charge on any atom is 0.320 e. The number of unbranched alkanes of at least 4 members (excludes halogenated alkanes) is 2. The van der Waals surface area contributed by atoms with Crippen molar-refractivity contribution in [2.75, 3.05) is 52.1 Å². The third kappa shape index (κ3) is 6.20. The summed E-state index contributed by atoms with van der Waals surface area (Å²) in [7, 11) is 1.62. The summed E-state index contributed by atoms with van der Waals surface area (Å²) >= 11 is 0. The fourth-order valence-corrected chi connectivity index (χ4v) is 4.15. The molecular weight excluding hydrogens is 394 g/mol. The van der Waals surface area contributed by atoms with E-state index in [0.29, 0.717) is 29.0 Å². The van der Waals surface area contributed by atoms with Gasteiger partial charge >= 0.3 is 6.01 Å². The normalized spacial score (nSPS) is 16.6. The highest BCUT2D eigenvalue weighted by Crippen LogP contribution is 2.26. The minimum atomic E-state index is 0.0410. The SMILES string of the molecule is CCCC(C)Oc1nc(N)c2nc(OC)n(CCCCCN3CCN(CC)CC3)c2n1. The van der Waals surface area contributed by atoms with Gasteiger partial charge in [-0.05, 0) is 39.3 Å². The lowest BCUT2D eigenvalue weighted by molar-refractivity contribution is 0.135. The Labute approximate surface area is 185 Å². The second-order valence-electron chi connectivity index (χ2n) is 8.37. The number of nitrogens with two attached hydrogens (primary N) is 1. The molecule has 1 fully saturated rings. The Morgan fingerprint density at radius 2 is 1.68 bits per heavy atom. The second-order valence-corrected chi connectivity index (χ2v) is 8.37. The first-order valence-corrected chi connectivity index (χ1v) is 11.7. The average Bonchev–Trinajstić information content (AvgIpc) is 3.12. The highest BCUT2D eigenvalue weighted by molar-refractivity contribution is 5.83. The summed E-state index contributed by atoms with van der Waals surface area (Å²) in [4.78, 5) is 18.5. The van der Waals surface area contributed by atoms with E-state index in [2.05, 4.69) is 38.6 Å². The van der Waals surface area contributed by atoms with Crippen molar-refractivity contribution in [3.8, 4) is 12.0 Å². The quantitative estimate of drug-likeness (QED) is 0.511. The number of aryl methyl sites for hydroxylation is 1. The lowest BCUT2D eigenvalue weighted by Crippen LogP contribution is -2.46. The number of hydrogen-bond donors (Lipinski definition) is 1. The minimum absolute atomic E-state index is 0.0410. The molecule has 0 radical (unpaired) electrons. The van der Waals surface area contributed by atoms with Crippen LogP contribution in [-0.2, 0) is 6.54 Å². The van der Waals surface area contributed by atoms with Gasteiger partial charge in [0.05, 0.1) is 13.2 Å². The Balaban J connectivity index is 1.58. The molecule has 1 aliphatic rings. The van der Waals surface area contributed by atoms with Crippen LogP contribution in [0.5, 0.6) is 12.0 Å². The molecule has 1 atom stereocenters. The summed E-state index contributed by atoms with van der Waals surface area (Å²) in [5, 5.41) is 0. The predicted octanol–water partition coefficient (Wildman–Crippen LogP) is 2.79. The molecule has 174 valence electrons. The van der Waals surface area contributed by atoms with Gasteiger partial charge in [-0.15, -0.1) is 0 Å². The van der Waals surface area contributed by atoms with E-state index in [9.17, 15) is 0 Å². The number of piperazine rings is 1. The van der Waals surface area contributed by atoms with E-state index in [4.69, 9.17) is 15.2 Å². The van der Waals surface area contributed by atoms with Crippen molar-refractivity contribution >= 4 is 17.0 Å². The number of hydrogen-bond acceptors (Lipinski definition) is 8. The van der Waals surface area contributed by atoms with Crippen LogP contribution in [0.25, 0.3) is 11.2 Å². The fraction of sp³-hybridized carbons (Fsp3) is 0.773. The molecule has 0 bridgehead atoms. The molecule has 0 amide bonds. The van der Waals surface area contributed by atoms with E-state index in [1.54, 1.807) is 7.11 Å². The zero-order valence-electron chi connectivity index (χ0n) is 19.6. The van der Waals surface area contributed by atoms with E-state index < -0.39 is 0 Å². The number of nitrogen functional groups attached to an aromatic ring is 1. The van der Waals surface area contributed by atoms with Gasteiger partial charge in [-0.2, -0.15) is 15.0 Å². The largest absolute Gasteiger partial charge is 0.468 e. The summed E-state index contributed by atoms with van der Waals surface area (Å²) in [5.74, 6) is 0.326. The highest BCUT2D eigenvalue weighted by atomic mass is 16.5. The van der Waals surface area contributed by atoms with Crippen molar-refractivity contribution in [1.29, 1.82) is 0 Å². The Kier molecular flexibility index (Phi) is 8.71. The molecule has 1 saturated heterocycles. The predicted molar refractivity (Wildman–Crippen MR) is 124 cm³/mol. The zero-order valence-corrected chi connectivity index (χ0v) is 19.6. The molecule has 31 heavy (non-hydrogen) atoms. The first-order valence-electron chi connectivity index (χ1n) is 11.7. The summed E-state index contributed by atoms with van der Waals surface area (Å²) in [6.07, 6.45) is 5.40. The lowest BCUT2D eigenvalue weighted by Gasteiger charge is -2.33. The van der Waals surface area contributed by atoms with E-state index >= 15 is 0 Å². The molecule has 0 saturated carbocycles. The van der Waals surface area contributed by atoms with Gasteiger partial charge in [-0.1, -0.05) is 26.7 Å². The van der Waals surface area contributed by atoms with Crippen molar-refractivity contribution in [3.05, 3.63) is 0 Å². The first-order chi connectivity index (χ1) is 15.0. The number of aromatic nitrogens is 4. The van der Waals surface area contributed by atoms with Crippen molar-refractivity contribution in [1.82, 2.24) is 29.3 Å². The molecular formula is C22H39N7O2. The Morgan fingerprint density at radius 3 is 2.35 bits per heavy atom. The van der Waals surface area contributed by atoms with Crippen LogP contribution in [0.3, 0.4) is 0 Å². The lowest BCUT2D eigenvalue weighted by atomic mass is 10.2. The van der Waals surface area contributed by atoms with E-state index in [0.717, 1.165) is 38.8 Å². The molecule has 0 spiro atoms. The van der Waals surface area contributed by atoms with Crippen LogP contribution in [-0.4, -0.2) is 81.8 Å². The van der Waals surface area contributed by atoms with Gasteiger partial charge in [-0.3, -0.25) is 4.57 Å². The van der Waals surface area contributed by atoms with E-state index in [-0.39, 0.29) is 6.10 Å². The molecule has 1 unspecified atom stereocenters. The average molecular weight is 434 g/mol. The number of nitrogens with zero attached hydrogens (tertiary/aromatic N) is 6. The third-order valence-electron chi connectivity index (χ3n) is 6.02. The topological polar surface area (TPSA) is 94.6 Å². The Hall–Kier alpha value is -2.13. The van der Waals surface area contributed by atoms with Gasteiger partial charge in [-0.25, -0.2) is 0 Å². The van der Waals surface area contributed by atoms with Crippen molar-refractivity contribution in [2.24, 2.45) is 0 Å². The molecule has 0 aromatic carbocycles. The number of imidazole rings is 1. The van der Waals surface area contributed by atoms with E-state index in [1.165, 1.54) is 39.1 Å². The van der Waals surface area contributed by atoms with Gasteiger partial charge < -0.3 is 25.0 Å². The minimum Gasteiger partial charge on any atom is -0.468 e. The molecule has 0 aliphatic carbocycles.